The second-order valence-corrected chi connectivity index (χ2v) is 9.34. The minimum Gasteiger partial charge on any atom is -0.394 e. The van der Waals surface area contributed by atoms with Crippen molar-refractivity contribution in [2.45, 2.75) is 61.2 Å². The molecule has 12 heteroatoms. The molecule has 0 bridgehead atoms. The van der Waals surface area contributed by atoms with Crippen molar-refractivity contribution < 1.29 is 54.8 Å². The van der Waals surface area contributed by atoms with E-state index in [9.17, 15) is 40.5 Å². The molecule has 10 atom stereocenters. The quantitative estimate of drug-likeness (QED) is 0.196. The van der Waals surface area contributed by atoms with Gasteiger partial charge in [0.15, 0.2) is 6.29 Å². The Morgan fingerprint density at radius 1 is 0.816 bits per heavy atom. The van der Waals surface area contributed by atoms with E-state index in [0.29, 0.717) is 11.1 Å². The molecule has 208 valence electrons. The number of rotatable bonds is 7. The maximum absolute atomic E-state index is 11.8. The minimum absolute atomic E-state index is 0.219. The van der Waals surface area contributed by atoms with Gasteiger partial charge >= 0.3 is 0 Å². The van der Waals surface area contributed by atoms with Crippen LogP contribution in [0.1, 0.15) is 22.0 Å². The molecule has 0 aliphatic carbocycles. The predicted molar refractivity (Wildman–Crippen MR) is 131 cm³/mol. The first-order valence-corrected chi connectivity index (χ1v) is 12.2. The molecule has 38 heavy (non-hydrogen) atoms. The number of ether oxygens (including phenoxy) is 3. The van der Waals surface area contributed by atoms with E-state index in [4.69, 9.17) is 14.2 Å². The monoisotopic (exact) mass is 535 g/mol. The Labute approximate surface area is 218 Å². The van der Waals surface area contributed by atoms with Crippen LogP contribution in [-0.2, 0) is 14.2 Å². The lowest BCUT2D eigenvalue weighted by Gasteiger charge is -2.46. The van der Waals surface area contributed by atoms with Gasteiger partial charge in [0.1, 0.15) is 54.9 Å². The summed E-state index contributed by atoms with van der Waals surface area (Å²) in [5, 5.41) is 74.2. The highest BCUT2D eigenvalue weighted by Gasteiger charge is 2.50. The van der Waals surface area contributed by atoms with E-state index in [-0.39, 0.29) is 5.91 Å². The highest BCUT2D eigenvalue weighted by atomic mass is 16.7. The number of nitrogens with one attached hydrogen (secondary N) is 1. The molecule has 0 unspecified atom stereocenters. The first-order chi connectivity index (χ1) is 18.2. The fourth-order valence-electron chi connectivity index (χ4n) is 4.71. The lowest BCUT2D eigenvalue weighted by Crippen LogP contribution is -2.63. The van der Waals surface area contributed by atoms with Gasteiger partial charge in [0.2, 0.25) is 0 Å². The normalized spacial score (nSPS) is 35.6. The van der Waals surface area contributed by atoms with Crippen LogP contribution in [0.4, 0.5) is 0 Å². The van der Waals surface area contributed by atoms with Crippen molar-refractivity contribution in [2.24, 2.45) is 0 Å². The van der Waals surface area contributed by atoms with E-state index in [1.165, 1.54) is 0 Å². The molecule has 8 N–H and O–H groups in total. The molecule has 2 heterocycles. The van der Waals surface area contributed by atoms with Crippen molar-refractivity contribution in [3.63, 3.8) is 0 Å². The smallest absolute Gasteiger partial charge is 0.251 e. The fourth-order valence-corrected chi connectivity index (χ4v) is 4.71. The van der Waals surface area contributed by atoms with Crippen LogP contribution in [0.25, 0.3) is 11.1 Å². The van der Waals surface area contributed by atoms with Crippen LogP contribution in [0.2, 0.25) is 0 Å². The van der Waals surface area contributed by atoms with Gasteiger partial charge in [-0.2, -0.15) is 0 Å². The fraction of sp³-hybridized carbons (Fsp3) is 0.500. The van der Waals surface area contributed by atoms with Gasteiger partial charge in [-0.3, -0.25) is 4.79 Å². The zero-order chi connectivity index (χ0) is 27.6. The molecular weight excluding hydrogens is 502 g/mol. The SMILES string of the molecule is CNC(=O)c1ccc(-c2cccc([C@H]3O[C@H](CO)[C@@H](O)[C@H](O[C@H]4O[C@H](CO)[C@@H](O)[C@H](O)[C@@H]4O)[C@@H]3O)c2)cc1. The number of carbonyl (C=O) groups is 1. The Balaban J connectivity index is 1.58. The van der Waals surface area contributed by atoms with Crippen LogP contribution in [-0.4, -0.2) is 117 Å². The molecule has 2 aliphatic heterocycles. The van der Waals surface area contributed by atoms with Crippen molar-refractivity contribution >= 4 is 5.91 Å². The molecule has 2 fully saturated rings. The molecule has 2 aliphatic rings. The average Bonchev–Trinajstić information content (AvgIpc) is 2.95. The number of hydrogen-bond acceptors (Lipinski definition) is 11. The third-order valence-corrected chi connectivity index (χ3v) is 6.93. The molecule has 0 aromatic heterocycles. The summed E-state index contributed by atoms with van der Waals surface area (Å²) >= 11 is 0. The Kier molecular flexibility index (Phi) is 9.11. The minimum atomic E-state index is -1.75. The van der Waals surface area contributed by atoms with Gasteiger partial charge in [-0.15, -0.1) is 0 Å². The van der Waals surface area contributed by atoms with Gasteiger partial charge in [-0.25, -0.2) is 0 Å². The van der Waals surface area contributed by atoms with E-state index in [1.54, 1.807) is 49.5 Å². The van der Waals surface area contributed by atoms with E-state index >= 15 is 0 Å². The van der Waals surface area contributed by atoms with Crippen LogP contribution in [0, 0.1) is 0 Å². The Bertz CT molecular complexity index is 1080. The van der Waals surface area contributed by atoms with E-state index in [2.05, 4.69) is 5.32 Å². The van der Waals surface area contributed by atoms with Crippen molar-refractivity contribution in [1.29, 1.82) is 0 Å². The Hall–Kier alpha value is -2.49. The molecule has 0 radical (unpaired) electrons. The summed E-state index contributed by atoms with van der Waals surface area (Å²) < 4.78 is 16.9. The van der Waals surface area contributed by atoms with Gasteiger partial charge in [0.25, 0.3) is 5.91 Å². The third kappa shape index (κ3) is 5.60. The van der Waals surface area contributed by atoms with Crippen LogP contribution in [0.5, 0.6) is 0 Å². The molecule has 1 amide bonds. The Morgan fingerprint density at radius 3 is 2.11 bits per heavy atom. The van der Waals surface area contributed by atoms with Crippen molar-refractivity contribution in [3.8, 4) is 11.1 Å². The van der Waals surface area contributed by atoms with Gasteiger partial charge in [0, 0.05) is 12.6 Å². The summed E-state index contributed by atoms with van der Waals surface area (Å²) in [6.07, 6.45) is -14.7. The largest absolute Gasteiger partial charge is 0.394 e. The lowest BCUT2D eigenvalue weighted by molar-refractivity contribution is -0.342. The van der Waals surface area contributed by atoms with E-state index < -0.39 is 74.4 Å². The maximum Gasteiger partial charge on any atom is 0.251 e. The summed E-state index contributed by atoms with van der Waals surface area (Å²) in [6.45, 7) is -1.29. The molecule has 0 saturated carbocycles. The van der Waals surface area contributed by atoms with Gasteiger partial charge in [-0.05, 0) is 34.9 Å². The van der Waals surface area contributed by atoms with Crippen molar-refractivity contribution in [3.05, 3.63) is 59.7 Å². The zero-order valence-electron chi connectivity index (χ0n) is 20.6. The second kappa shape index (κ2) is 12.1. The van der Waals surface area contributed by atoms with Gasteiger partial charge < -0.3 is 55.3 Å². The summed E-state index contributed by atoms with van der Waals surface area (Å²) in [5.41, 5.74) is 2.53. The van der Waals surface area contributed by atoms with Crippen LogP contribution in [0.3, 0.4) is 0 Å². The molecule has 12 nitrogen and oxygen atoms in total. The molecule has 4 rings (SSSR count). The number of benzene rings is 2. The highest BCUT2D eigenvalue weighted by Crippen LogP contribution is 2.37. The summed E-state index contributed by atoms with van der Waals surface area (Å²) in [5.74, 6) is -0.219. The molecule has 0 spiro atoms. The highest BCUT2D eigenvalue weighted by molar-refractivity contribution is 5.94. The predicted octanol–water partition coefficient (Wildman–Crippen LogP) is -1.95. The third-order valence-electron chi connectivity index (χ3n) is 6.93. The standard InChI is InChI=1S/C26H33NO11/c1-27-25(35)13-7-5-12(6-8-13)14-3-2-4-15(9-14)23-22(34)24(19(31)17(11-29)36-23)38-26-21(33)20(32)18(30)16(10-28)37-26/h2-9,16-24,26,28-34H,10-11H2,1H3,(H,27,35)/t16-,17-,18-,19-,20+,21+,22-,23-,24+,26-/m1/s1. The molecular formula is C26H33NO11. The summed E-state index contributed by atoms with van der Waals surface area (Å²) in [4.78, 5) is 11.8. The van der Waals surface area contributed by atoms with Crippen molar-refractivity contribution in [2.75, 3.05) is 20.3 Å². The summed E-state index contributed by atoms with van der Waals surface area (Å²) in [7, 11) is 1.54. The number of hydrogen-bond donors (Lipinski definition) is 8. The molecule has 2 saturated heterocycles. The first kappa shape index (κ1) is 28.5. The first-order valence-electron chi connectivity index (χ1n) is 12.2. The maximum atomic E-state index is 11.8. The average molecular weight is 536 g/mol. The molecule has 2 aromatic carbocycles. The number of carbonyl (C=O) groups excluding carboxylic acids is 1. The van der Waals surface area contributed by atoms with Gasteiger partial charge in [-0.1, -0.05) is 30.3 Å². The topological polar surface area (TPSA) is 198 Å². The number of amides is 1. The van der Waals surface area contributed by atoms with Crippen LogP contribution in [0.15, 0.2) is 48.5 Å². The zero-order valence-corrected chi connectivity index (χ0v) is 20.6. The molecule has 2 aromatic rings. The Morgan fingerprint density at radius 2 is 1.47 bits per heavy atom. The van der Waals surface area contributed by atoms with E-state index in [1.807, 2.05) is 6.07 Å². The van der Waals surface area contributed by atoms with Crippen LogP contribution >= 0.6 is 0 Å². The van der Waals surface area contributed by atoms with Crippen molar-refractivity contribution in [1.82, 2.24) is 5.32 Å². The number of aliphatic hydroxyl groups excluding tert-OH is 7. The van der Waals surface area contributed by atoms with Gasteiger partial charge in [0.05, 0.1) is 13.2 Å². The number of aliphatic hydroxyl groups is 7. The lowest BCUT2D eigenvalue weighted by atomic mass is 9.89. The summed E-state index contributed by atoms with van der Waals surface area (Å²) in [6, 6.07) is 13.9. The second-order valence-electron chi connectivity index (χ2n) is 9.34. The van der Waals surface area contributed by atoms with Crippen LogP contribution < -0.4 is 5.32 Å². The van der Waals surface area contributed by atoms with E-state index in [0.717, 1.165) is 11.1 Å².